The molecule has 12 heteroatoms. The van der Waals surface area contributed by atoms with Gasteiger partial charge < -0.3 is 20.7 Å². The van der Waals surface area contributed by atoms with E-state index in [0.29, 0.717) is 22.6 Å². The topological polar surface area (TPSA) is 128 Å². The Labute approximate surface area is 203 Å². The van der Waals surface area contributed by atoms with Gasteiger partial charge in [-0.2, -0.15) is 5.10 Å². The molecule has 10 nitrogen and oxygen atoms in total. The molecule has 0 unspecified atom stereocenters. The Morgan fingerprint density at radius 2 is 1.92 bits per heavy atom. The van der Waals surface area contributed by atoms with Crippen molar-refractivity contribution in [3.63, 3.8) is 0 Å². The van der Waals surface area contributed by atoms with Crippen molar-refractivity contribution in [2.45, 2.75) is 12.2 Å². The lowest BCUT2D eigenvalue weighted by Crippen LogP contribution is -2.42. The lowest BCUT2D eigenvalue weighted by atomic mass is 10.1. The van der Waals surface area contributed by atoms with Crippen molar-refractivity contribution in [1.82, 2.24) is 29.8 Å². The van der Waals surface area contributed by atoms with Crippen LogP contribution >= 0.6 is 0 Å². The molecule has 5 rings (SSSR count). The summed E-state index contributed by atoms with van der Waals surface area (Å²) in [6.07, 6.45) is 1.35. The number of alkyl halides is 1. The maximum absolute atomic E-state index is 14.8. The molecule has 1 aromatic carbocycles. The number of carbonyl (C=O) groups is 2. The second-order valence-electron chi connectivity index (χ2n) is 8.25. The molecule has 2 atom stereocenters. The zero-order valence-corrected chi connectivity index (χ0v) is 19.1. The van der Waals surface area contributed by atoms with Crippen molar-refractivity contribution in [3.8, 4) is 17.1 Å². The standard InChI is InChI=1S/C24H21F2N7O3/c1-36-23-16(8-14(9-28-23)19-6-7-20-21(27)29-12-30-33(19)20)22(34)31-18-11-32(10-17(18)26)24(35)13-2-4-15(25)5-3-13/h2-9,12,17-18H,10-11H2,1H3,(H,31,34)(H2,27,29,30)/t17-,18+/m0/s1. The lowest BCUT2D eigenvalue weighted by molar-refractivity contribution is 0.0778. The number of anilines is 1. The fraction of sp³-hybridized carbons (Fsp3) is 0.208. The highest BCUT2D eigenvalue weighted by molar-refractivity contribution is 5.98. The van der Waals surface area contributed by atoms with E-state index in [1.807, 2.05) is 0 Å². The molecule has 0 spiro atoms. The molecule has 1 aliphatic rings. The van der Waals surface area contributed by atoms with Crippen LogP contribution in [-0.2, 0) is 0 Å². The van der Waals surface area contributed by atoms with Crippen LogP contribution in [0, 0.1) is 5.82 Å². The fourth-order valence-electron chi connectivity index (χ4n) is 4.18. The first-order valence-corrected chi connectivity index (χ1v) is 11.0. The minimum Gasteiger partial charge on any atom is -0.480 e. The molecule has 0 bridgehead atoms. The maximum Gasteiger partial charge on any atom is 0.257 e. The van der Waals surface area contributed by atoms with Gasteiger partial charge in [0.15, 0.2) is 5.82 Å². The molecule has 4 heterocycles. The summed E-state index contributed by atoms with van der Waals surface area (Å²) >= 11 is 0. The molecule has 0 radical (unpaired) electrons. The molecular weight excluding hydrogens is 472 g/mol. The summed E-state index contributed by atoms with van der Waals surface area (Å²) in [5.41, 5.74) is 7.98. The van der Waals surface area contributed by atoms with E-state index < -0.39 is 29.8 Å². The van der Waals surface area contributed by atoms with E-state index in [2.05, 4.69) is 20.4 Å². The summed E-state index contributed by atoms with van der Waals surface area (Å²) in [7, 11) is 1.37. The Kier molecular flexibility index (Phi) is 5.92. The summed E-state index contributed by atoms with van der Waals surface area (Å²) < 4.78 is 34.8. The smallest absolute Gasteiger partial charge is 0.257 e. The molecule has 4 aromatic rings. The second kappa shape index (κ2) is 9.21. The summed E-state index contributed by atoms with van der Waals surface area (Å²) in [6.45, 7) is -0.244. The summed E-state index contributed by atoms with van der Waals surface area (Å²) in [5, 5.41) is 6.84. The van der Waals surface area contributed by atoms with Crippen LogP contribution in [0.25, 0.3) is 16.8 Å². The quantitative estimate of drug-likeness (QED) is 0.436. The van der Waals surface area contributed by atoms with Gasteiger partial charge in [0.1, 0.15) is 29.4 Å². The Balaban J connectivity index is 1.37. The van der Waals surface area contributed by atoms with E-state index in [-0.39, 0.29) is 30.1 Å². The van der Waals surface area contributed by atoms with Gasteiger partial charge in [0.25, 0.3) is 11.8 Å². The van der Waals surface area contributed by atoms with Crippen LogP contribution in [0.5, 0.6) is 5.88 Å². The summed E-state index contributed by atoms with van der Waals surface area (Å²) in [4.78, 5) is 35.3. The maximum atomic E-state index is 14.8. The molecule has 3 N–H and O–H groups in total. The largest absolute Gasteiger partial charge is 0.480 e. The SMILES string of the molecule is COc1ncc(-c2ccc3c(N)ncnn23)cc1C(=O)N[C@@H]1CN(C(=O)c2ccc(F)cc2)C[C@@H]1F. The molecule has 1 fully saturated rings. The summed E-state index contributed by atoms with van der Waals surface area (Å²) in [5.74, 6) is -1.18. The second-order valence-corrected chi connectivity index (χ2v) is 8.25. The number of nitrogen functional groups attached to an aromatic ring is 1. The number of benzene rings is 1. The first-order valence-electron chi connectivity index (χ1n) is 11.0. The highest BCUT2D eigenvalue weighted by Crippen LogP contribution is 2.27. The minimum atomic E-state index is -1.49. The number of hydrogen-bond acceptors (Lipinski definition) is 7. The molecule has 36 heavy (non-hydrogen) atoms. The van der Waals surface area contributed by atoms with Crippen LogP contribution in [0.4, 0.5) is 14.6 Å². The Hall–Kier alpha value is -4.61. The van der Waals surface area contributed by atoms with E-state index >= 15 is 0 Å². The van der Waals surface area contributed by atoms with Gasteiger partial charge in [-0.05, 0) is 42.5 Å². The van der Waals surface area contributed by atoms with Gasteiger partial charge in [-0.25, -0.2) is 23.3 Å². The number of carbonyl (C=O) groups excluding carboxylic acids is 2. The number of methoxy groups -OCH3 is 1. The van der Waals surface area contributed by atoms with Crippen LogP contribution in [0.2, 0.25) is 0 Å². The number of hydrogen-bond donors (Lipinski definition) is 2. The number of pyridine rings is 1. The Morgan fingerprint density at radius 3 is 2.67 bits per heavy atom. The highest BCUT2D eigenvalue weighted by atomic mass is 19.1. The van der Waals surface area contributed by atoms with Gasteiger partial charge in [0, 0.05) is 23.9 Å². The van der Waals surface area contributed by atoms with Crippen molar-refractivity contribution in [1.29, 1.82) is 0 Å². The van der Waals surface area contributed by atoms with Crippen molar-refractivity contribution in [3.05, 3.63) is 71.9 Å². The molecule has 1 saturated heterocycles. The van der Waals surface area contributed by atoms with E-state index in [9.17, 15) is 18.4 Å². The number of likely N-dealkylation sites (tertiary alicyclic amines) is 1. The van der Waals surface area contributed by atoms with Crippen molar-refractivity contribution >= 4 is 23.1 Å². The number of ether oxygens (including phenoxy) is 1. The zero-order valence-electron chi connectivity index (χ0n) is 19.1. The van der Waals surface area contributed by atoms with E-state index in [0.717, 1.165) is 12.1 Å². The number of amides is 2. The predicted molar refractivity (Wildman–Crippen MR) is 126 cm³/mol. The molecule has 3 aromatic heterocycles. The number of fused-ring (bicyclic) bond motifs is 1. The number of halogens is 2. The van der Waals surface area contributed by atoms with Gasteiger partial charge >= 0.3 is 0 Å². The molecule has 0 saturated carbocycles. The lowest BCUT2D eigenvalue weighted by Gasteiger charge is -2.17. The number of nitrogens with zero attached hydrogens (tertiary/aromatic N) is 5. The van der Waals surface area contributed by atoms with Gasteiger partial charge in [0.2, 0.25) is 5.88 Å². The van der Waals surface area contributed by atoms with Crippen LogP contribution in [-0.4, -0.2) is 68.7 Å². The van der Waals surface area contributed by atoms with Gasteiger partial charge in [-0.15, -0.1) is 0 Å². The van der Waals surface area contributed by atoms with Gasteiger partial charge in [-0.3, -0.25) is 9.59 Å². The third-order valence-electron chi connectivity index (χ3n) is 6.01. The van der Waals surface area contributed by atoms with E-state index in [4.69, 9.17) is 10.5 Å². The van der Waals surface area contributed by atoms with Crippen LogP contribution in [0.15, 0.2) is 55.0 Å². The average molecular weight is 493 g/mol. The van der Waals surface area contributed by atoms with E-state index in [1.165, 1.54) is 36.7 Å². The summed E-state index contributed by atoms with van der Waals surface area (Å²) in [6, 6.07) is 9.12. The Morgan fingerprint density at radius 1 is 1.14 bits per heavy atom. The van der Waals surface area contributed by atoms with E-state index in [1.54, 1.807) is 22.7 Å². The van der Waals surface area contributed by atoms with Crippen molar-refractivity contribution in [2.24, 2.45) is 0 Å². The van der Waals surface area contributed by atoms with Gasteiger partial charge in [0.05, 0.1) is 25.4 Å². The normalized spacial score (nSPS) is 17.4. The van der Waals surface area contributed by atoms with Crippen molar-refractivity contribution < 1.29 is 23.1 Å². The zero-order chi connectivity index (χ0) is 25.4. The minimum absolute atomic E-state index is 0.0436. The van der Waals surface area contributed by atoms with Gasteiger partial charge in [-0.1, -0.05) is 0 Å². The molecule has 184 valence electrons. The predicted octanol–water partition coefficient (Wildman–Crippen LogP) is 2.11. The molecule has 0 aliphatic carbocycles. The molecular formula is C24H21F2N7O3. The monoisotopic (exact) mass is 493 g/mol. The molecule has 2 amide bonds. The first-order chi connectivity index (χ1) is 17.4. The van der Waals surface area contributed by atoms with Crippen molar-refractivity contribution in [2.75, 3.05) is 25.9 Å². The average Bonchev–Trinajstić information content (AvgIpc) is 3.48. The van der Waals surface area contributed by atoms with Crippen LogP contribution < -0.4 is 15.8 Å². The number of nitrogens with one attached hydrogen (secondary N) is 1. The first kappa shape index (κ1) is 23.1. The van der Waals surface area contributed by atoms with Crippen LogP contribution in [0.3, 0.4) is 0 Å². The van der Waals surface area contributed by atoms with Crippen LogP contribution in [0.1, 0.15) is 20.7 Å². The molecule has 1 aliphatic heterocycles. The third kappa shape index (κ3) is 4.17. The highest BCUT2D eigenvalue weighted by Gasteiger charge is 2.37. The number of nitrogens with two attached hydrogens (primary N) is 1. The third-order valence-corrected chi connectivity index (χ3v) is 6.01. The fourth-order valence-corrected chi connectivity index (χ4v) is 4.18. The Bertz CT molecular complexity index is 1460. The number of aromatic nitrogens is 4. The number of rotatable bonds is 5.